The van der Waals surface area contributed by atoms with Crippen LogP contribution in [0.25, 0.3) is 34.0 Å². The molecule has 0 aliphatic rings. The van der Waals surface area contributed by atoms with Crippen molar-refractivity contribution < 1.29 is 27.8 Å². The number of carbonyl (C=O) groups is 2. The average molecular weight is 705 g/mol. The number of hydrogen-bond acceptors (Lipinski definition) is 11. The van der Waals surface area contributed by atoms with Crippen LogP contribution in [0.5, 0.6) is 0 Å². The summed E-state index contributed by atoms with van der Waals surface area (Å²) >= 11 is 0. The Labute approximate surface area is 292 Å². The zero-order chi connectivity index (χ0) is 37.0. The molecule has 2 amide bonds. The van der Waals surface area contributed by atoms with Crippen molar-refractivity contribution in [3.63, 3.8) is 0 Å². The summed E-state index contributed by atoms with van der Waals surface area (Å²) in [5.74, 6) is -0.101. The Bertz CT molecular complexity index is 1970. The van der Waals surface area contributed by atoms with E-state index < -0.39 is 33.1 Å². The Hall–Kier alpha value is -5.31. The van der Waals surface area contributed by atoms with Crippen LogP contribution < -0.4 is 16.4 Å². The summed E-state index contributed by atoms with van der Waals surface area (Å²) in [6.45, 7) is 14.1. The number of aromatic nitrogens is 3. The second-order valence-corrected chi connectivity index (χ2v) is 16.5. The Morgan fingerprint density at radius 3 is 1.94 bits per heavy atom. The SMILES string of the molecule is CN=S(=O)(c1ccc(-c2cnc(N(C(=O)OC(C)(C)C)C(=O)OC(C)(C)C)c(-c3cc(-c4ccc(CN=C(N)N)cc4)no3)n2)cc1)C(C)C. The number of ether oxygens (including phenoxy) is 2. The minimum absolute atomic E-state index is 0.0104. The molecular weight excluding hydrogens is 661 g/mol. The van der Waals surface area contributed by atoms with Gasteiger partial charge in [0.15, 0.2) is 23.2 Å². The van der Waals surface area contributed by atoms with Crippen molar-refractivity contribution in [3.8, 4) is 34.0 Å². The highest BCUT2D eigenvalue weighted by atomic mass is 32.2. The van der Waals surface area contributed by atoms with E-state index >= 15 is 0 Å². The van der Waals surface area contributed by atoms with Crippen LogP contribution in [0.2, 0.25) is 0 Å². The van der Waals surface area contributed by atoms with E-state index in [9.17, 15) is 13.8 Å². The number of nitrogens with zero attached hydrogens (tertiary/aromatic N) is 6. The maximum atomic E-state index is 13.6. The van der Waals surface area contributed by atoms with Gasteiger partial charge in [-0.1, -0.05) is 41.6 Å². The molecule has 14 nitrogen and oxygen atoms in total. The molecule has 2 aromatic carbocycles. The standard InChI is InChI=1S/C35H44N8O6S/c1-21(2)50(46,38-9)25-16-14-24(15-17-25)27-20-39-30(43(32(44)47-34(3,4)5)33(45)48-35(6,7)8)29(41-27)28-18-26(42-49-28)23-12-10-22(11-13-23)19-40-31(36)37/h10-18,20-21H,19H2,1-9H3,(H4,36,37,40). The molecule has 4 rings (SSSR count). The topological polar surface area (TPSA) is 201 Å². The number of aliphatic imine (C=N–C) groups is 1. The smallest absolute Gasteiger partial charge is 0.425 e. The normalized spacial score (nSPS) is 12.9. The first-order chi connectivity index (χ1) is 23.3. The second-order valence-electron chi connectivity index (χ2n) is 13.6. The van der Waals surface area contributed by atoms with Crippen molar-refractivity contribution in [2.24, 2.45) is 20.8 Å². The number of nitrogens with two attached hydrogens (primary N) is 2. The first kappa shape index (κ1) is 37.5. The number of benzene rings is 2. The van der Waals surface area contributed by atoms with Gasteiger partial charge in [0.1, 0.15) is 16.9 Å². The van der Waals surface area contributed by atoms with Gasteiger partial charge in [0.05, 0.1) is 28.2 Å². The lowest BCUT2D eigenvalue weighted by Gasteiger charge is -2.28. The van der Waals surface area contributed by atoms with Crippen molar-refractivity contribution in [1.29, 1.82) is 0 Å². The number of rotatable bonds is 8. The molecule has 4 aromatic rings. The molecule has 0 fully saturated rings. The molecule has 266 valence electrons. The number of hydrogen-bond donors (Lipinski definition) is 2. The maximum Gasteiger partial charge on any atom is 0.425 e. The summed E-state index contributed by atoms with van der Waals surface area (Å²) in [5.41, 5.74) is 12.0. The van der Waals surface area contributed by atoms with Gasteiger partial charge in [0.2, 0.25) is 0 Å². The van der Waals surface area contributed by atoms with E-state index in [1.807, 2.05) is 38.1 Å². The van der Waals surface area contributed by atoms with Crippen LogP contribution in [0, 0.1) is 0 Å². The maximum absolute atomic E-state index is 13.6. The molecule has 4 N–H and O–H groups in total. The Morgan fingerprint density at radius 2 is 1.44 bits per heavy atom. The van der Waals surface area contributed by atoms with Crippen LogP contribution in [0.15, 0.2) is 79.6 Å². The predicted molar refractivity (Wildman–Crippen MR) is 193 cm³/mol. The largest absolute Gasteiger partial charge is 0.443 e. The highest BCUT2D eigenvalue weighted by Crippen LogP contribution is 2.35. The lowest BCUT2D eigenvalue weighted by Crippen LogP contribution is -2.44. The van der Waals surface area contributed by atoms with Gasteiger partial charge >= 0.3 is 12.2 Å². The van der Waals surface area contributed by atoms with Gasteiger partial charge in [-0.2, -0.15) is 4.90 Å². The number of amides is 2. The third kappa shape index (κ3) is 9.02. The summed E-state index contributed by atoms with van der Waals surface area (Å²) in [4.78, 5) is 41.9. The summed E-state index contributed by atoms with van der Waals surface area (Å²) in [7, 11) is -1.09. The van der Waals surface area contributed by atoms with Crippen molar-refractivity contribution in [2.45, 2.75) is 83.3 Å². The average Bonchev–Trinajstić information content (AvgIpc) is 3.52. The van der Waals surface area contributed by atoms with Gasteiger partial charge in [-0.3, -0.25) is 0 Å². The molecule has 0 spiro atoms. The van der Waals surface area contributed by atoms with Crippen LogP contribution >= 0.6 is 0 Å². The van der Waals surface area contributed by atoms with E-state index in [1.165, 1.54) is 6.20 Å². The summed E-state index contributed by atoms with van der Waals surface area (Å²) < 4.78 is 34.6. The number of imide groups is 1. The van der Waals surface area contributed by atoms with Gasteiger partial charge in [0, 0.05) is 34.4 Å². The molecule has 1 atom stereocenters. The zero-order valence-corrected chi connectivity index (χ0v) is 30.6. The summed E-state index contributed by atoms with van der Waals surface area (Å²) in [6.07, 6.45) is -0.643. The van der Waals surface area contributed by atoms with Gasteiger partial charge in [-0.15, -0.1) is 0 Å². The molecule has 15 heteroatoms. The zero-order valence-electron chi connectivity index (χ0n) is 29.8. The molecule has 2 heterocycles. The van der Waals surface area contributed by atoms with Crippen molar-refractivity contribution >= 4 is 33.7 Å². The molecule has 0 aliphatic carbocycles. The second kappa shape index (κ2) is 14.7. The third-order valence-corrected chi connectivity index (χ3v) is 9.72. The number of anilines is 1. The third-order valence-electron chi connectivity index (χ3n) is 6.95. The van der Waals surface area contributed by atoms with Gasteiger partial charge < -0.3 is 25.5 Å². The molecule has 2 aromatic heterocycles. The monoisotopic (exact) mass is 704 g/mol. The molecule has 0 bridgehead atoms. The molecule has 1 unspecified atom stereocenters. The van der Waals surface area contributed by atoms with Crippen LogP contribution in [0.4, 0.5) is 15.4 Å². The van der Waals surface area contributed by atoms with Crippen molar-refractivity contribution in [3.05, 3.63) is 66.4 Å². The molecule has 0 radical (unpaired) electrons. The Kier molecular flexibility index (Phi) is 11.0. The first-order valence-corrected chi connectivity index (χ1v) is 17.4. The van der Waals surface area contributed by atoms with Crippen LogP contribution in [0.3, 0.4) is 0 Å². The van der Waals surface area contributed by atoms with E-state index in [4.69, 9.17) is 30.4 Å². The molecule has 0 saturated heterocycles. The summed E-state index contributed by atoms with van der Waals surface area (Å²) in [6, 6.07) is 16.0. The van der Waals surface area contributed by atoms with Crippen molar-refractivity contribution in [2.75, 3.05) is 11.9 Å². The van der Waals surface area contributed by atoms with E-state index in [2.05, 4.69) is 19.5 Å². The van der Waals surface area contributed by atoms with Crippen LogP contribution in [-0.2, 0) is 25.7 Å². The molecular formula is C35H44N8O6S. The lowest BCUT2D eigenvalue weighted by molar-refractivity contribution is 0.0429. The number of guanidine groups is 1. The minimum Gasteiger partial charge on any atom is -0.443 e. The quantitative estimate of drug-likeness (QED) is 0.145. The van der Waals surface area contributed by atoms with E-state index in [1.54, 1.807) is 78.9 Å². The predicted octanol–water partition coefficient (Wildman–Crippen LogP) is 6.78. The highest BCUT2D eigenvalue weighted by Gasteiger charge is 2.37. The van der Waals surface area contributed by atoms with Crippen LogP contribution in [0.1, 0.15) is 61.0 Å². The van der Waals surface area contributed by atoms with Gasteiger partial charge in [-0.25, -0.2) is 33.1 Å². The molecule has 50 heavy (non-hydrogen) atoms. The number of carbonyl (C=O) groups excluding carboxylic acids is 2. The highest BCUT2D eigenvalue weighted by molar-refractivity contribution is 7.94. The minimum atomic E-state index is -2.63. The van der Waals surface area contributed by atoms with E-state index in [0.717, 1.165) is 5.56 Å². The first-order valence-electron chi connectivity index (χ1n) is 15.8. The molecule has 0 saturated carbocycles. The van der Waals surface area contributed by atoms with Crippen molar-refractivity contribution in [1.82, 2.24) is 15.1 Å². The fourth-order valence-electron chi connectivity index (χ4n) is 4.61. The lowest BCUT2D eigenvalue weighted by atomic mass is 10.1. The fraction of sp³-hybridized carbons (Fsp3) is 0.371. The van der Waals surface area contributed by atoms with E-state index in [-0.39, 0.29) is 28.5 Å². The van der Waals surface area contributed by atoms with Gasteiger partial charge in [0.25, 0.3) is 0 Å². The van der Waals surface area contributed by atoms with Gasteiger partial charge in [-0.05, 0) is 73.1 Å². The Morgan fingerprint density at radius 1 is 0.900 bits per heavy atom. The summed E-state index contributed by atoms with van der Waals surface area (Å²) in [5, 5.41) is 4.04. The Balaban J connectivity index is 1.87. The molecule has 0 aliphatic heterocycles. The van der Waals surface area contributed by atoms with E-state index in [0.29, 0.717) is 38.9 Å². The fourth-order valence-corrected chi connectivity index (χ4v) is 6.31. The van der Waals surface area contributed by atoms with Crippen LogP contribution in [-0.4, -0.2) is 61.0 Å².